The van der Waals surface area contributed by atoms with Gasteiger partial charge in [-0.3, -0.25) is 0 Å². The molecular formula is C39H60O. The van der Waals surface area contributed by atoms with Crippen LogP contribution in [0.5, 0.6) is 5.75 Å². The maximum atomic E-state index is 6.58. The summed E-state index contributed by atoms with van der Waals surface area (Å²) in [6.45, 7) is 14.7. The molecule has 0 amide bonds. The van der Waals surface area contributed by atoms with Crippen molar-refractivity contribution in [2.24, 2.45) is 29.6 Å². The van der Waals surface area contributed by atoms with Crippen LogP contribution in [0.4, 0.5) is 0 Å². The van der Waals surface area contributed by atoms with Crippen molar-refractivity contribution in [2.75, 3.05) is 6.61 Å². The molecule has 2 aromatic rings. The number of aryl methyl sites for hydroxylation is 2. The topological polar surface area (TPSA) is 9.23 Å². The van der Waals surface area contributed by atoms with Crippen LogP contribution in [0.1, 0.15) is 134 Å². The molecule has 2 aliphatic rings. The molecule has 0 bridgehead atoms. The van der Waals surface area contributed by atoms with E-state index in [1.165, 1.54) is 116 Å². The van der Waals surface area contributed by atoms with Gasteiger partial charge in [-0.05, 0) is 127 Å². The molecule has 0 saturated heterocycles. The highest BCUT2D eigenvalue weighted by atomic mass is 16.5. The molecule has 0 N–H and O–H groups in total. The number of hydrogen-bond acceptors (Lipinski definition) is 1. The summed E-state index contributed by atoms with van der Waals surface area (Å²) >= 11 is 0. The third-order valence-corrected chi connectivity index (χ3v) is 11.0. The SMILES string of the molecule is CCc1cc(-c2ccc(CCC3CCC(C4CCC(C)CC4)CC3)cc2)c(CC)c(CC)c1OCC(CC)CC. The highest BCUT2D eigenvalue weighted by Gasteiger charge is 2.29. The number of rotatable bonds is 13. The van der Waals surface area contributed by atoms with E-state index in [1.54, 1.807) is 0 Å². The van der Waals surface area contributed by atoms with Gasteiger partial charge in [0, 0.05) is 0 Å². The molecule has 0 radical (unpaired) electrons. The van der Waals surface area contributed by atoms with Crippen LogP contribution in [0.15, 0.2) is 30.3 Å². The first-order valence-corrected chi connectivity index (χ1v) is 17.4. The summed E-state index contributed by atoms with van der Waals surface area (Å²) in [5, 5.41) is 0. The number of ether oxygens (including phenoxy) is 1. The Morgan fingerprint density at radius 2 is 1.32 bits per heavy atom. The molecule has 1 nitrogen and oxygen atoms in total. The van der Waals surface area contributed by atoms with Gasteiger partial charge in [0.25, 0.3) is 0 Å². The minimum absolute atomic E-state index is 0.641. The average Bonchev–Trinajstić information content (AvgIpc) is 3.00. The fourth-order valence-corrected chi connectivity index (χ4v) is 7.95. The second kappa shape index (κ2) is 15.5. The van der Waals surface area contributed by atoms with Gasteiger partial charge in [-0.25, -0.2) is 0 Å². The van der Waals surface area contributed by atoms with Crippen molar-refractivity contribution in [1.29, 1.82) is 0 Å². The van der Waals surface area contributed by atoms with Gasteiger partial charge in [0.1, 0.15) is 5.75 Å². The first-order chi connectivity index (χ1) is 19.5. The fraction of sp³-hybridized carbons (Fsp3) is 0.692. The Labute approximate surface area is 247 Å². The van der Waals surface area contributed by atoms with E-state index in [0.717, 1.165) is 49.5 Å². The first-order valence-electron chi connectivity index (χ1n) is 17.4. The molecule has 40 heavy (non-hydrogen) atoms. The zero-order chi connectivity index (χ0) is 28.5. The van der Waals surface area contributed by atoms with Gasteiger partial charge in [0.15, 0.2) is 0 Å². The van der Waals surface area contributed by atoms with Crippen LogP contribution in [-0.2, 0) is 25.7 Å². The van der Waals surface area contributed by atoms with E-state index in [1.807, 2.05) is 0 Å². The maximum absolute atomic E-state index is 6.58. The van der Waals surface area contributed by atoms with Crippen LogP contribution in [0.3, 0.4) is 0 Å². The Kier molecular flexibility index (Phi) is 12.1. The average molecular weight is 545 g/mol. The number of hydrogen-bond donors (Lipinski definition) is 0. The van der Waals surface area contributed by atoms with Crippen LogP contribution in [-0.4, -0.2) is 6.61 Å². The summed E-state index contributed by atoms with van der Waals surface area (Å²) in [5.41, 5.74) is 8.60. The molecule has 0 atom stereocenters. The van der Waals surface area contributed by atoms with Gasteiger partial charge < -0.3 is 4.74 Å². The second-order valence-electron chi connectivity index (χ2n) is 13.5. The van der Waals surface area contributed by atoms with Crippen molar-refractivity contribution >= 4 is 0 Å². The van der Waals surface area contributed by atoms with Crippen molar-refractivity contribution in [1.82, 2.24) is 0 Å². The third-order valence-electron chi connectivity index (χ3n) is 11.0. The van der Waals surface area contributed by atoms with Gasteiger partial charge in [-0.1, -0.05) is 104 Å². The van der Waals surface area contributed by atoms with Gasteiger partial charge in [0.05, 0.1) is 6.61 Å². The van der Waals surface area contributed by atoms with E-state index in [0.29, 0.717) is 5.92 Å². The van der Waals surface area contributed by atoms with Gasteiger partial charge in [-0.2, -0.15) is 0 Å². The van der Waals surface area contributed by atoms with E-state index in [9.17, 15) is 0 Å². The molecule has 4 rings (SSSR count). The van der Waals surface area contributed by atoms with Crippen molar-refractivity contribution in [2.45, 2.75) is 138 Å². The molecule has 222 valence electrons. The molecular weight excluding hydrogens is 484 g/mol. The van der Waals surface area contributed by atoms with Gasteiger partial charge >= 0.3 is 0 Å². The Morgan fingerprint density at radius 1 is 0.725 bits per heavy atom. The molecule has 2 saturated carbocycles. The molecule has 1 heteroatoms. The molecule has 2 fully saturated rings. The van der Waals surface area contributed by atoms with E-state index >= 15 is 0 Å². The largest absolute Gasteiger partial charge is 0.493 e. The van der Waals surface area contributed by atoms with Crippen LogP contribution in [0.25, 0.3) is 11.1 Å². The highest BCUT2D eigenvalue weighted by Crippen LogP contribution is 2.42. The molecule has 0 aromatic heterocycles. The lowest BCUT2D eigenvalue weighted by Gasteiger charge is -2.37. The summed E-state index contributed by atoms with van der Waals surface area (Å²) in [6, 6.07) is 12.1. The molecule has 0 unspecified atom stereocenters. The Morgan fingerprint density at radius 3 is 1.88 bits per heavy atom. The minimum Gasteiger partial charge on any atom is -0.493 e. The van der Waals surface area contributed by atoms with Crippen LogP contribution < -0.4 is 4.74 Å². The third kappa shape index (κ3) is 7.74. The lowest BCUT2D eigenvalue weighted by molar-refractivity contribution is 0.148. The Hall–Kier alpha value is -1.76. The van der Waals surface area contributed by atoms with Crippen LogP contribution in [0, 0.1) is 29.6 Å². The van der Waals surface area contributed by atoms with E-state index in [4.69, 9.17) is 4.74 Å². The summed E-state index contributed by atoms with van der Waals surface area (Å²) < 4.78 is 6.58. The quantitative estimate of drug-likeness (QED) is 0.244. The van der Waals surface area contributed by atoms with E-state index < -0.39 is 0 Å². The van der Waals surface area contributed by atoms with Crippen LogP contribution >= 0.6 is 0 Å². The normalized spacial score (nSPS) is 23.5. The standard InChI is InChI=1S/C39H60O/c1-7-29(8-2)27-40-39-32(9-3)26-38(36(10-4)37(39)11-5)35-24-18-31(19-25-35)15-14-30-16-22-34(23-17-30)33-20-12-28(6)13-21-33/h18-19,24-26,28-30,33-34H,7-17,20-23,27H2,1-6H3. The van der Waals surface area contributed by atoms with Crippen molar-refractivity contribution in [3.05, 3.63) is 52.6 Å². The number of benzene rings is 2. The monoisotopic (exact) mass is 544 g/mol. The van der Waals surface area contributed by atoms with E-state index in [-0.39, 0.29) is 0 Å². The second-order valence-corrected chi connectivity index (χ2v) is 13.5. The molecule has 2 aromatic carbocycles. The lowest BCUT2D eigenvalue weighted by Crippen LogP contribution is -2.25. The maximum Gasteiger partial charge on any atom is 0.125 e. The summed E-state index contributed by atoms with van der Waals surface area (Å²) in [4.78, 5) is 0. The first kappa shape index (κ1) is 31.2. The van der Waals surface area contributed by atoms with Crippen LogP contribution in [0.2, 0.25) is 0 Å². The zero-order valence-corrected chi connectivity index (χ0v) is 27.0. The zero-order valence-electron chi connectivity index (χ0n) is 27.0. The minimum atomic E-state index is 0.641. The molecule has 0 spiro atoms. The smallest absolute Gasteiger partial charge is 0.125 e. The lowest BCUT2D eigenvalue weighted by atomic mass is 9.69. The Bertz CT molecular complexity index is 1010. The molecule has 0 aliphatic heterocycles. The van der Waals surface area contributed by atoms with Gasteiger partial charge in [-0.15, -0.1) is 0 Å². The van der Waals surface area contributed by atoms with Crippen molar-refractivity contribution < 1.29 is 4.74 Å². The summed E-state index contributed by atoms with van der Waals surface area (Å²) in [7, 11) is 0. The molecule has 0 heterocycles. The van der Waals surface area contributed by atoms with Gasteiger partial charge in [0.2, 0.25) is 0 Å². The predicted molar refractivity (Wildman–Crippen MR) is 174 cm³/mol. The highest BCUT2D eigenvalue weighted by molar-refractivity contribution is 5.72. The molecule has 2 aliphatic carbocycles. The fourth-order valence-electron chi connectivity index (χ4n) is 7.95. The summed E-state index contributed by atoms with van der Waals surface area (Å²) in [5.74, 6) is 5.83. The van der Waals surface area contributed by atoms with E-state index in [2.05, 4.69) is 71.9 Å². The Balaban J connectivity index is 1.39. The predicted octanol–water partition coefficient (Wildman–Crippen LogP) is 11.4. The summed E-state index contributed by atoms with van der Waals surface area (Å²) in [6.07, 6.45) is 20.0. The van der Waals surface area contributed by atoms with Crippen molar-refractivity contribution in [3.8, 4) is 16.9 Å². The van der Waals surface area contributed by atoms with Crippen molar-refractivity contribution in [3.63, 3.8) is 0 Å².